The molecule has 2 rings (SSSR count). The molecule has 20 heavy (non-hydrogen) atoms. The van der Waals surface area contributed by atoms with E-state index >= 15 is 0 Å². The minimum Gasteiger partial charge on any atom is -0.326 e. The summed E-state index contributed by atoms with van der Waals surface area (Å²) >= 11 is 2.86. The summed E-state index contributed by atoms with van der Waals surface area (Å²) in [5, 5.41) is 5.66. The van der Waals surface area contributed by atoms with E-state index in [1.807, 2.05) is 0 Å². The molecule has 0 aromatic heterocycles. The summed E-state index contributed by atoms with van der Waals surface area (Å²) in [6.45, 7) is 1.66. The number of hydrogen-bond donors (Lipinski definition) is 2. The lowest BCUT2D eigenvalue weighted by molar-refractivity contribution is -0.138. The Bertz CT molecular complexity index is 499. The number of rotatable bonds is 3. The molecule has 1 aromatic rings. The molecule has 1 aliphatic rings. The van der Waals surface area contributed by atoms with Crippen molar-refractivity contribution >= 4 is 27.5 Å². The molecular formula is C13H14BrF3N2O. The molecule has 0 bridgehead atoms. The standard InChI is InChI=1S/C13H14BrF3N2O/c14-11-2-1-9(6-10(11)13(15,16)17)19-12(20)5-8-3-4-18-7-8/h1-2,6,8,18H,3-5,7H2,(H,19,20). The molecule has 1 saturated heterocycles. The molecule has 0 aliphatic carbocycles. The number of alkyl halides is 3. The van der Waals surface area contributed by atoms with E-state index in [-0.39, 0.29) is 22.0 Å². The molecule has 110 valence electrons. The lowest BCUT2D eigenvalue weighted by Crippen LogP contribution is -2.18. The van der Waals surface area contributed by atoms with Crippen molar-refractivity contribution in [3.8, 4) is 0 Å². The first kappa shape index (κ1) is 15.3. The van der Waals surface area contributed by atoms with E-state index < -0.39 is 11.7 Å². The fourth-order valence-electron chi connectivity index (χ4n) is 2.18. The van der Waals surface area contributed by atoms with Gasteiger partial charge in [-0.2, -0.15) is 13.2 Å². The average molecular weight is 351 g/mol. The predicted molar refractivity (Wildman–Crippen MR) is 73.4 cm³/mol. The molecule has 1 atom stereocenters. The lowest BCUT2D eigenvalue weighted by Gasteiger charge is -2.13. The Hall–Kier alpha value is -1.08. The van der Waals surface area contributed by atoms with Crippen LogP contribution < -0.4 is 10.6 Å². The van der Waals surface area contributed by atoms with E-state index in [0.717, 1.165) is 25.6 Å². The van der Waals surface area contributed by atoms with Crippen LogP contribution in [0.1, 0.15) is 18.4 Å². The molecule has 0 saturated carbocycles. The smallest absolute Gasteiger partial charge is 0.326 e. The largest absolute Gasteiger partial charge is 0.417 e. The molecule has 0 radical (unpaired) electrons. The van der Waals surface area contributed by atoms with E-state index in [1.165, 1.54) is 12.1 Å². The Balaban J connectivity index is 2.04. The molecule has 2 N–H and O–H groups in total. The second-order valence-electron chi connectivity index (χ2n) is 4.80. The van der Waals surface area contributed by atoms with Gasteiger partial charge in [-0.3, -0.25) is 4.79 Å². The Morgan fingerprint density at radius 3 is 2.80 bits per heavy atom. The van der Waals surface area contributed by atoms with E-state index in [2.05, 4.69) is 26.6 Å². The first-order valence-corrected chi connectivity index (χ1v) is 7.03. The monoisotopic (exact) mass is 350 g/mol. The number of amides is 1. The van der Waals surface area contributed by atoms with Crippen molar-refractivity contribution in [2.24, 2.45) is 5.92 Å². The predicted octanol–water partition coefficient (Wildman–Crippen LogP) is 3.41. The maximum Gasteiger partial charge on any atom is 0.417 e. The van der Waals surface area contributed by atoms with Gasteiger partial charge in [-0.05, 0) is 43.6 Å². The number of halogens is 4. The summed E-state index contributed by atoms with van der Waals surface area (Å²) in [6, 6.07) is 3.68. The van der Waals surface area contributed by atoms with Crippen molar-refractivity contribution < 1.29 is 18.0 Å². The highest BCUT2D eigenvalue weighted by atomic mass is 79.9. The molecule has 1 aromatic carbocycles. The van der Waals surface area contributed by atoms with Gasteiger partial charge in [0.25, 0.3) is 0 Å². The van der Waals surface area contributed by atoms with Gasteiger partial charge in [0, 0.05) is 16.6 Å². The zero-order valence-corrected chi connectivity index (χ0v) is 12.1. The fourth-order valence-corrected chi connectivity index (χ4v) is 2.65. The lowest BCUT2D eigenvalue weighted by atomic mass is 10.0. The molecule has 1 amide bonds. The number of nitrogens with one attached hydrogen (secondary N) is 2. The number of carbonyl (C=O) groups is 1. The summed E-state index contributed by atoms with van der Waals surface area (Å²) in [6.07, 6.45) is -3.21. The molecule has 0 spiro atoms. The quantitative estimate of drug-likeness (QED) is 0.876. The van der Waals surface area contributed by atoms with Gasteiger partial charge in [0.2, 0.25) is 5.91 Å². The minimum atomic E-state index is -4.45. The van der Waals surface area contributed by atoms with Crippen LogP contribution in [0.5, 0.6) is 0 Å². The van der Waals surface area contributed by atoms with Crippen molar-refractivity contribution in [1.29, 1.82) is 0 Å². The summed E-state index contributed by atoms with van der Waals surface area (Å²) in [5.41, 5.74) is -0.630. The van der Waals surface area contributed by atoms with Gasteiger partial charge in [-0.1, -0.05) is 15.9 Å². The summed E-state index contributed by atoms with van der Waals surface area (Å²) in [5.74, 6) is 0.00156. The van der Waals surface area contributed by atoms with Crippen LogP contribution in [0.3, 0.4) is 0 Å². The zero-order valence-electron chi connectivity index (χ0n) is 10.6. The first-order valence-electron chi connectivity index (χ1n) is 6.23. The van der Waals surface area contributed by atoms with Gasteiger partial charge in [0.15, 0.2) is 0 Å². The van der Waals surface area contributed by atoms with Crippen molar-refractivity contribution in [2.75, 3.05) is 18.4 Å². The fraction of sp³-hybridized carbons (Fsp3) is 0.462. The van der Waals surface area contributed by atoms with Crippen molar-refractivity contribution in [3.63, 3.8) is 0 Å². The SMILES string of the molecule is O=C(CC1CCNC1)Nc1ccc(Br)c(C(F)(F)F)c1. The number of benzene rings is 1. The maximum absolute atomic E-state index is 12.7. The zero-order chi connectivity index (χ0) is 14.8. The number of carbonyl (C=O) groups excluding carboxylic acids is 1. The summed E-state index contributed by atoms with van der Waals surface area (Å²) in [4.78, 5) is 11.8. The molecule has 1 unspecified atom stereocenters. The Morgan fingerprint density at radius 2 is 2.20 bits per heavy atom. The Labute approximate surface area is 123 Å². The second-order valence-corrected chi connectivity index (χ2v) is 5.66. The van der Waals surface area contributed by atoms with Gasteiger partial charge in [0.05, 0.1) is 5.56 Å². The van der Waals surface area contributed by atoms with Gasteiger partial charge in [0.1, 0.15) is 0 Å². The van der Waals surface area contributed by atoms with Crippen molar-refractivity contribution in [2.45, 2.75) is 19.0 Å². The summed E-state index contributed by atoms with van der Waals surface area (Å²) < 4.78 is 38.2. The van der Waals surface area contributed by atoms with Crippen molar-refractivity contribution in [3.05, 3.63) is 28.2 Å². The topological polar surface area (TPSA) is 41.1 Å². The van der Waals surface area contributed by atoms with Crippen LogP contribution >= 0.6 is 15.9 Å². The molecule has 1 heterocycles. The maximum atomic E-state index is 12.7. The highest BCUT2D eigenvalue weighted by Crippen LogP contribution is 2.36. The van der Waals surface area contributed by atoms with E-state index in [0.29, 0.717) is 6.42 Å². The highest BCUT2D eigenvalue weighted by Gasteiger charge is 2.33. The third-order valence-corrected chi connectivity index (χ3v) is 3.88. The van der Waals surface area contributed by atoms with Crippen LogP contribution in [0.2, 0.25) is 0 Å². The Morgan fingerprint density at radius 1 is 1.45 bits per heavy atom. The van der Waals surface area contributed by atoms with Crippen LogP contribution in [0.25, 0.3) is 0 Å². The third-order valence-electron chi connectivity index (χ3n) is 3.19. The molecule has 1 aliphatic heterocycles. The van der Waals surface area contributed by atoms with E-state index in [4.69, 9.17) is 0 Å². The van der Waals surface area contributed by atoms with Crippen LogP contribution in [0.4, 0.5) is 18.9 Å². The number of anilines is 1. The van der Waals surface area contributed by atoms with Crippen LogP contribution in [0.15, 0.2) is 22.7 Å². The molecule has 1 fully saturated rings. The van der Waals surface area contributed by atoms with Gasteiger partial charge >= 0.3 is 6.18 Å². The highest BCUT2D eigenvalue weighted by molar-refractivity contribution is 9.10. The normalized spacial score (nSPS) is 19.1. The second kappa shape index (κ2) is 6.13. The van der Waals surface area contributed by atoms with Crippen LogP contribution in [0, 0.1) is 5.92 Å². The molecule has 7 heteroatoms. The first-order chi connectivity index (χ1) is 9.36. The third kappa shape index (κ3) is 3.96. The average Bonchev–Trinajstić information content (AvgIpc) is 2.83. The van der Waals surface area contributed by atoms with E-state index in [1.54, 1.807) is 0 Å². The van der Waals surface area contributed by atoms with E-state index in [9.17, 15) is 18.0 Å². The number of hydrogen-bond acceptors (Lipinski definition) is 2. The van der Waals surface area contributed by atoms with Crippen molar-refractivity contribution in [1.82, 2.24) is 5.32 Å². The van der Waals surface area contributed by atoms with Crippen LogP contribution in [-0.4, -0.2) is 19.0 Å². The van der Waals surface area contributed by atoms with Gasteiger partial charge in [-0.15, -0.1) is 0 Å². The Kier molecular flexibility index (Phi) is 4.70. The summed E-state index contributed by atoms with van der Waals surface area (Å²) in [7, 11) is 0. The van der Waals surface area contributed by atoms with Gasteiger partial charge in [-0.25, -0.2) is 0 Å². The molecule has 3 nitrogen and oxygen atoms in total. The van der Waals surface area contributed by atoms with Gasteiger partial charge < -0.3 is 10.6 Å². The minimum absolute atomic E-state index is 0.0389. The molecular weight excluding hydrogens is 337 g/mol. The van der Waals surface area contributed by atoms with Crippen LogP contribution in [-0.2, 0) is 11.0 Å².